The second-order valence-corrected chi connectivity index (χ2v) is 7.20. The number of rotatable bonds is 7. The number of carboxylic acid groups (broad SMARTS) is 1. The first-order valence-electron chi connectivity index (χ1n) is 9.99. The van der Waals surface area contributed by atoms with Gasteiger partial charge in [0, 0.05) is 0 Å². The van der Waals surface area contributed by atoms with Crippen LogP contribution in [-0.2, 0) is 11.4 Å². The number of carbonyl (C=O) groups excluding carboxylic acids is 1. The molecular weight excluding hydrogens is 426 g/mol. The van der Waals surface area contributed by atoms with Crippen molar-refractivity contribution in [3.63, 3.8) is 0 Å². The smallest absolute Gasteiger partial charge is 0.353 e. The summed E-state index contributed by atoms with van der Waals surface area (Å²) in [5.41, 5.74) is 0.959. The molecule has 33 heavy (non-hydrogen) atoms. The summed E-state index contributed by atoms with van der Waals surface area (Å²) in [6.07, 6.45) is 0. The number of carboxylic acids is 1. The molecule has 1 amide bonds. The van der Waals surface area contributed by atoms with E-state index in [1.807, 2.05) is 59.9 Å². The van der Waals surface area contributed by atoms with Gasteiger partial charge in [-0.25, -0.2) is 4.79 Å². The van der Waals surface area contributed by atoms with Crippen LogP contribution in [0, 0.1) is 0 Å². The van der Waals surface area contributed by atoms with E-state index in [0.717, 1.165) is 11.1 Å². The highest BCUT2D eigenvalue weighted by molar-refractivity contribution is 6.02. The van der Waals surface area contributed by atoms with Crippen molar-refractivity contribution >= 4 is 22.8 Å². The molecule has 1 aromatic heterocycles. The summed E-state index contributed by atoms with van der Waals surface area (Å²) in [6.45, 7) is -0.260. The van der Waals surface area contributed by atoms with Gasteiger partial charge in [0.15, 0.2) is 5.56 Å². The third-order valence-corrected chi connectivity index (χ3v) is 4.94. The number of fused-ring (bicyclic) bond motifs is 1. The Labute approximate surface area is 187 Å². The highest BCUT2D eigenvalue weighted by atomic mass is 16.5. The van der Waals surface area contributed by atoms with E-state index in [9.17, 15) is 19.5 Å². The van der Waals surface area contributed by atoms with E-state index in [4.69, 9.17) is 14.3 Å². The van der Waals surface area contributed by atoms with Crippen LogP contribution in [-0.4, -0.2) is 28.6 Å². The van der Waals surface area contributed by atoms with E-state index in [1.54, 1.807) is 12.1 Å². The molecule has 8 nitrogen and oxygen atoms in total. The summed E-state index contributed by atoms with van der Waals surface area (Å²) in [4.78, 5) is 35.0. The summed E-state index contributed by atoms with van der Waals surface area (Å²) >= 11 is 0. The highest BCUT2D eigenvalue weighted by Gasteiger charge is 2.21. The second-order valence-electron chi connectivity index (χ2n) is 7.20. The van der Waals surface area contributed by atoms with E-state index >= 15 is 0 Å². The fourth-order valence-corrected chi connectivity index (χ4v) is 3.29. The van der Waals surface area contributed by atoms with E-state index in [-0.39, 0.29) is 11.0 Å². The molecule has 8 heteroatoms. The molecule has 0 saturated heterocycles. The van der Waals surface area contributed by atoms with Gasteiger partial charge in [-0.3, -0.25) is 9.59 Å². The number of carbonyl (C=O) groups is 2. The molecule has 0 unspecified atom stereocenters. The molecule has 3 N–H and O–H groups in total. The molecule has 0 fully saturated rings. The third-order valence-electron chi connectivity index (χ3n) is 4.94. The number of aromatic hydroxyl groups is 1. The Morgan fingerprint density at radius 1 is 0.939 bits per heavy atom. The van der Waals surface area contributed by atoms with Crippen LogP contribution >= 0.6 is 0 Å². The van der Waals surface area contributed by atoms with E-state index < -0.39 is 35.4 Å². The van der Waals surface area contributed by atoms with E-state index in [0.29, 0.717) is 17.9 Å². The Balaban J connectivity index is 1.60. The van der Waals surface area contributed by atoms with Crippen LogP contribution < -0.4 is 15.7 Å². The zero-order valence-corrected chi connectivity index (χ0v) is 17.3. The average molecular weight is 445 g/mol. The zero-order chi connectivity index (χ0) is 23.4. The van der Waals surface area contributed by atoms with Crippen LogP contribution in [0.15, 0.2) is 82.0 Å². The molecule has 0 atom stereocenters. The van der Waals surface area contributed by atoms with Crippen LogP contribution in [0.5, 0.6) is 11.5 Å². The van der Waals surface area contributed by atoms with Crippen molar-refractivity contribution in [2.24, 2.45) is 0 Å². The number of hydrogen-bond acceptors (Lipinski definition) is 6. The lowest BCUT2D eigenvalue weighted by molar-refractivity contribution is -0.135. The van der Waals surface area contributed by atoms with Crippen LogP contribution in [0.4, 0.5) is 0 Å². The standard InChI is InChI=1S/C25H19NO7/c27-21(28)13-26-24(30)22-23(29)19-12-17(8-11-20(19)33-25(22)31)16-6-9-18(10-7-16)32-14-15-4-2-1-3-5-15/h1-12,29H,13-14H2,(H,26,30)(H,27,28). The van der Waals surface area contributed by atoms with E-state index in [2.05, 4.69) is 0 Å². The largest absolute Gasteiger partial charge is 0.506 e. The van der Waals surface area contributed by atoms with Crippen molar-refractivity contribution in [3.05, 3.63) is 94.3 Å². The van der Waals surface area contributed by atoms with Gasteiger partial charge in [0.2, 0.25) is 0 Å². The maximum Gasteiger partial charge on any atom is 0.353 e. The molecule has 1 heterocycles. The number of hydrogen-bond donors (Lipinski definition) is 3. The Morgan fingerprint density at radius 2 is 1.64 bits per heavy atom. The van der Waals surface area contributed by atoms with Crippen molar-refractivity contribution in [2.75, 3.05) is 6.54 Å². The van der Waals surface area contributed by atoms with Gasteiger partial charge >= 0.3 is 11.6 Å². The maximum absolute atomic E-state index is 12.2. The summed E-state index contributed by atoms with van der Waals surface area (Å²) in [5.74, 6) is -2.20. The predicted molar refractivity (Wildman–Crippen MR) is 120 cm³/mol. The van der Waals surface area contributed by atoms with Gasteiger partial charge in [0.25, 0.3) is 5.91 Å². The summed E-state index contributed by atoms with van der Waals surface area (Å²) < 4.78 is 10.9. The van der Waals surface area contributed by atoms with Crippen LogP contribution in [0.1, 0.15) is 15.9 Å². The van der Waals surface area contributed by atoms with Crippen molar-refractivity contribution in [2.45, 2.75) is 6.61 Å². The minimum Gasteiger partial charge on any atom is -0.506 e. The molecule has 0 spiro atoms. The first-order chi connectivity index (χ1) is 15.9. The van der Waals surface area contributed by atoms with Crippen LogP contribution in [0.2, 0.25) is 0 Å². The lowest BCUT2D eigenvalue weighted by Gasteiger charge is -2.10. The molecule has 0 aliphatic heterocycles. The minimum atomic E-state index is -1.29. The number of nitrogens with one attached hydrogen (secondary N) is 1. The molecule has 0 aliphatic rings. The van der Waals surface area contributed by atoms with Gasteiger partial charge < -0.3 is 24.7 Å². The Kier molecular flexibility index (Phi) is 6.08. The van der Waals surface area contributed by atoms with Gasteiger partial charge in [-0.1, -0.05) is 48.5 Å². The zero-order valence-electron chi connectivity index (χ0n) is 17.3. The van der Waals surface area contributed by atoms with Gasteiger partial charge in [0.1, 0.15) is 30.2 Å². The van der Waals surface area contributed by atoms with Crippen molar-refractivity contribution in [1.29, 1.82) is 0 Å². The summed E-state index contributed by atoms with van der Waals surface area (Å²) in [5, 5.41) is 21.5. The van der Waals surface area contributed by atoms with Crippen molar-refractivity contribution in [1.82, 2.24) is 5.32 Å². The molecule has 0 aliphatic carbocycles. The maximum atomic E-state index is 12.2. The first-order valence-corrected chi connectivity index (χ1v) is 9.99. The normalized spacial score (nSPS) is 10.7. The van der Waals surface area contributed by atoms with Gasteiger partial charge in [-0.2, -0.15) is 0 Å². The average Bonchev–Trinajstić information content (AvgIpc) is 2.82. The molecule has 0 saturated carbocycles. The van der Waals surface area contributed by atoms with E-state index in [1.165, 1.54) is 6.07 Å². The topological polar surface area (TPSA) is 126 Å². The van der Waals surface area contributed by atoms with Gasteiger partial charge in [-0.05, 0) is 41.0 Å². The lowest BCUT2D eigenvalue weighted by atomic mass is 10.0. The summed E-state index contributed by atoms with van der Waals surface area (Å²) in [6, 6.07) is 21.9. The van der Waals surface area contributed by atoms with Crippen molar-refractivity contribution < 1.29 is 29.0 Å². The highest BCUT2D eigenvalue weighted by Crippen LogP contribution is 2.31. The molecule has 3 aromatic carbocycles. The monoisotopic (exact) mass is 445 g/mol. The minimum absolute atomic E-state index is 0.0962. The molecule has 4 rings (SSSR count). The quantitative estimate of drug-likeness (QED) is 0.371. The Morgan fingerprint density at radius 3 is 2.33 bits per heavy atom. The first kappa shape index (κ1) is 21.6. The second kappa shape index (κ2) is 9.27. The lowest BCUT2D eigenvalue weighted by Crippen LogP contribution is -2.32. The van der Waals surface area contributed by atoms with Crippen LogP contribution in [0.25, 0.3) is 22.1 Å². The molecule has 166 valence electrons. The Bertz CT molecular complexity index is 1380. The predicted octanol–water partition coefficient (Wildman–Crippen LogP) is 3.56. The van der Waals surface area contributed by atoms with Gasteiger partial charge in [-0.15, -0.1) is 0 Å². The fourth-order valence-electron chi connectivity index (χ4n) is 3.29. The van der Waals surface area contributed by atoms with Crippen molar-refractivity contribution in [3.8, 4) is 22.6 Å². The van der Waals surface area contributed by atoms with Gasteiger partial charge in [0.05, 0.1) is 5.39 Å². The Hall–Kier alpha value is -4.59. The van der Waals surface area contributed by atoms with Crippen LogP contribution in [0.3, 0.4) is 0 Å². The molecule has 0 radical (unpaired) electrons. The summed E-state index contributed by atoms with van der Waals surface area (Å²) in [7, 11) is 0. The number of benzene rings is 3. The number of ether oxygens (including phenoxy) is 1. The number of aliphatic carboxylic acids is 1. The number of amides is 1. The molecule has 4 aromatic rings. The molecule has 0 bridgehead atoms. The third kappa shape index (κ3) is 4.85. The SMILES string of the molecule is O=C(O)CNC(=O)c1c(O)c2cc(-c3ccc(OCc4ccccc4)cc3)ccc2oc1=O. The fraction of sp³-hybridized carbons (Fsp3) is 0.0800. The molecular formula is C25H19NO7.